The molecule has 1 aromatic rings. The zero-order valence-electron chi connectivity index (χ0n) is 6.81. The lowest BCUT2D eigenvalue weighted by atomic mass is 11.0. The number of nitrogens with one attached hydrogen (secondary N) is 3. The van der Waals surface area contributed by atoms with Gasteiger partial charge in [0.2, 0.25) is 0 Å². The first-order valence-corrected chi connectivity index (χ1v) is 5.71. The Kier molecular flexibility index (Phi) is 2.62. The van der Waals surface area contributed by atoms with Gasteiger partial charge in [0.15, 0.2) is 0 Å². The number of hydrogen-bond donors (Lipinski definition) is 3. The summed E-state index contributed by atoms with van der Waals surface area (Å²) in [7, 11) is 5.03. The van der Waals surface area contributed by atoms with Gasteiger partial charge in [0.25, 0.3) is 0 Å². The monoisotopic (exact) mass is 216 g/mol. The van der Waals surface area contributed by atoms with E-state index in [-0.39, 0.29) is 0 Å². The summed E-state index contributed by atoms with van der Waals surface area (Å²) in [5, 5.41) is 13.0. The van der Waals surface area contributed by atoms with E-state index in [1.165, 1.54) is 10.8 Å². The summed E-state index contributed by atoms with van der Waals surface area (Å²) in [6, 6.07) is 0. The molecule has 1 atom stereocenters. The second kappa shape index (κ2) is 3.90. The lowest BCUT2D eigenvalue weighted by Gasteiger charge is -2.15. The summed E-state index contributed by atoms with van der Waals surface area (Å²) in [4.78, 5) is 0. The number of H-pyrrole nitrogens is 1. The second-order valence-corrected chi connectivity index (χ2v) is 4.50. The van der Waals surface area contributed by atoms with E-state index in [0.29, 0.717) is 0 Å². The fraction of sp³-hybridized carbons (Fsp3) is 0.200. The minimum absolute atomic E-state index is 0.859. The van der Waals surface area contributed by atoms with Crippen LogP contribution in [0.5, 0.6) is 0 Å². The fourth-order valence-corrected chi connectivity index (χ4v) is 2.41. The average molecular weight is 216 g/mol. The van der Waals surface area contributed by atoms with Crippen molar-refractivity contribution in [2.24, 2.45) is 0 Å². The topological polar surface area (TPSA) is 72.1 Å². The van der Waals surface area contributed by atoms with Crippen LogP contribution in [0.2, 0.25) is 0 Å². The highest BCUT2D eigenvalue weighted by atomic mass is 33.1. The highest BCUT2D eigenvalue weighted by Crippen LogP contribution is 2.33. The Bertz CT molecular complexity index is 296. The molecule has 1 unspecified atom stereocenters. The molecule has 0 fully saturated rings. The Morgan fingerprint density at radius 2 is 2.46 bits per heavy atom. The van der Waals surface area contributed by atoms with Crippen molar-refractivity contribution in [2.75, 3.05) is 7.05 Å². The number of nitrogens with zero attached hydrogens (tertiary/aromatic N) is 3. The molecule has 2 heterocycles. The van der Waals surface area contributed by atoms with Crippen molar-refractivity contribution in [3.05, 3.63) is 22.9 Å². The van der Waals surface area contributed by atoms with Crippen molar-refractivity contribution in [3.8, 4) is 0 Å². The first-order valence-electron chi connectivity index (χ1n) is 3.56. The van der Waals surface area contributed by atoms with Crippen LogP contribution in [0.25, 0.3) is 5.43 Å². The Morgan fingerprint density at radius 3 is 3.08 bits per heavy atom. The van der Waals surface area contributed by atoms with Crippen LogP contribution < -0.4 is 10.5 Å². The molecule has 0 saturated carbocycles. The maximum Gasteiger partial charge on any atom is 0.149 e. The van der Waals surface area contributed by atoms with Gasteiger partial charge in [-0.3, -0.25) is 5.12 Å². The van der Waals surface area contributed by atoms with E-state index in [9.17, 15) is 0 Å². The molecule has 8 heteroatoms. The zero-order valence-corrected chi connectivity index (χ0v) is 8.45. The third-order valence-corrected chi connectivity index (χ3v) is 3.43. The molecule has 3 N–H and O–H groups in total. The van der Waals surface area contributed by atoms with Crippen LogP contribution in [0, 0.1) is 0 Å². The SMILES string of the molecule is C[NH+]1[N-]C=C(SSc2cn[nH]n2)N1. The van der Waals surface area contributed by atoms with E-state index in [2.05, 4.69) is 26.3 Å². The summed E-state index contributed by atoms with van der Waals surface area (Å²) in [6.07, 6.45) is 3.48. The van der Waals surface area contributed by atoms with Crippen molar-refractivity contribution in [1.29, 1.82) is 0 Å². The molecule has 2 rings (SSSR count). The van der Waals surface area contributed by atoms with Crippen LogP contribution in [-0.4, -0.2) is 22.5 Å². The van der Waals surface area contributed by atoms with E-state index >= 15 is 0 Å². The molecule has 0 saturated heterocycles. The van der Waals surface area contributed by atoms with Crippen molar-refractivity contribution < 1.29 is 5.12 Å². The van der Waals surface area contributed by atoms with Gasteiger partial charge in [-0.05, 0) is 21.6 Å². The molecule has 13 heavy (non-hydrogen) atoms. The summed E-state index contributed by atoms with van der Waals surface area (Å²) in [5.41, 5.74) is 7.19. The minimum atomic E-state index is 0.859. The van der Waals surface area contributed by atoms with Crippen molar-refractivity contribution in [1.82, 2.24) is 20.8 Å². The Morgan fingerprint density at radius 1 is 1.54 bits per heavy atom. The molecular weight excluding hydrogens is 208 g/mol. The van der Waals surface area contributed by atoms with Gasteiger partial charge in [0, 0.05) is 0 Å². The van der Waals surface area contributed by atoms with Crippen LogP contribution in [0.4, 0.5) is 0 Å². The standard InChI is InChI=1S/C5H8N6S2/c1-11-7-3-5(9-11)13-12-4-2-6-10-8-4/h2-3,9,11H,1H3,(H,6,8,10). The van der Waals surface area contributed by atoms with Crippen LogP contribution in [0.15, 0.2) is 22.5 Å². The molecule has 0 amide bonds. The number of quaternary nitrogens is 1. The molecule has 6 nitrogen and oxygen atoms in total. The minimum Gasteiger partial charge on any atom is -0.467 e. The van der Waals surface area contributed by atoms with E-state index in [1.54, 1.807) is 23.2 Å². The molecule has 1 aliphatic heterocycles. The maximum absolute atomic E-state index is 4.08. The lowest BCUT2D eigenvalue weighted by Crippen LogP contribution is -3.09. The largest absolute Gasteiger partial charge is 0.467 e. The smallest absolute Gasteiger partial charge is 0.149 e. The van der Waals surface area contributed by atoms with Crippen LogP contribution in [0.3, 0.4) is 0 Å². The van der Waals surface area contributed by atoms with Gasteiger partial charge in [0.1, 0.15) is 10.1 Å². The van der Waals surface area contributed by atoms with Gasteiger partial charge in [-0.25, -0.2) is 5.43 Å². The predicted molar refractivity (Wildman–Crippen MR) is 51.3 cm³/mol. The Balaban J connectivity index is 1.81. The van der Waals surface area contributed by atoms with Crippen molar-refractivity contribution in [2.45, 2.75) is 5.03 Å². The van der Waals surface area contributed by atoms with E-state index in [0.717, 1.165) is 15.2 Å². The molecular formula is C5H8N6S2. The van der Waals surface area contributed by atoms with Gasteiger partial charge in [-0.15, -0.1) is 5.10 Å². The average Bonchev–Trinajstić information content (AvgIpc) is 2.71. The van der Waals surface area contributed by atoms with Crippen molar-refractivity contribution >= 4 is 21.6 Å². The number of aromatic nitrogens is 3. The van der Waals surface area contributed by atoms with Crippen LogP contribution >= 0.6 is 21.6 Å². The van der Waals surface area contributed by atoms with Crippen LogP contribution in [0.1, 0.15) is 0 Å². The number of hydrogen-bond acceptors (Lipinski definition) is 5. The second-order valence-electron chi connectivity index (χ2n) is 2.31. The van der Waals surface area contributed by atoms with Gasteiger partial charge in [-0.1, -0.05) is 6.20 Å². The summed E-state index contributed by atoms with van der Waals surface area (Å²) < 4.78 is 0. The maximum atomic E-state index is 4.08. The third kappa shape index (κ3) is 2.29. The molecule has 0 spiro atoms. The highest BCUT2D eigenvalue weighted by molar-refractivity contribution is 8.78. The van der Waals surface area contributed by atoms with E-state index in [4.69, 9.17) is 0 Å². The van der Waals surface area contributed by atoms with E-state index < -0.39 is 0 Å². The molecule has 0 aromatic carbocycles. The highest BCUT2D eigenvalue weighted by Gasteiger charge is 2.06. The quantitative estimate of drug-likeness (QED) is 0.603. The fourth-order valence-electron chi connectivity index (χ4n) is 0.759. The third-order valence-electron chi connectivity index (χ3n) is 1.29. The van der Waals surface area contributed by atoms with Gasteiger partial charge in [0.05, 0.1) is 13.2 Å². The van der Waals surface area contributed by atoms with Gasteiger partial charge >= 0.3 is 0 Å². The molecule has 0 aliphatic carbocycles. The van der Waals surface area contributed by atoms with Crippen LogP contribution in [-0.2, 0) is 0 Å². The Labute approximate surface area is 82.9 Å². The normalized spacial score (nSPS) is 20.7. The van der Waals surface area contributed by atoms with E-state index in [1.807, 2.05) is 7.05 Å². The summed E-state index contributed by atoms with van der Waals surface area (Å²) >= 11 is 0. The molecule has 1 aliphatic rings. The number of aromatic amines is 1. The molecule has 1 aromatic heterocycles. The first kappa shape index (κ1) is 8.73. The lowest BCUT2D eigenvalue weighted by molar-refractivity contribution is -0.875. The summed E-state index contributed by atoms with van der Waals surface area (Å²) in [6.45, 7) is 0. The molecule has 0 bridgehead atoms. The van der Waals surface area contributed by atoms with Gasteiger partial charge in [-0.2, -0.15) is 10.3 Å². The van der Waals surface area contributed by atoms with Gasteiger partial charge < -0.3 is 5.43 Å². The predicted octanol–water partition coefficient (Wildman–Crippen LogP) is -0.334. The number of rotatable bonds is 3. The Hall–Kier alpha value is -0.860. The van der Waals surface area contributed by atoms with Crippen molar-refractivity contribution in [3.63, 3.8) is 0 Å². The summed E-state index contributed by atoms with van der Waals surface area (Å²) in [5.74, 6) is 0. The zero-order chi connectivity index (χ0) is 9.10. The first-order chi connectivity index (χ1) is 6.34. The molecule has 0 radical (unpaired) electrons. The molecule has 70 valence electrons.